The predicted octanol–water partition coefficient (Wildman–Crippen LogP) is 5.09. The Bertz CT molecular complexity index is 982. The molecule has 2 aliphatic carbocycles. The Morgan fingerprint density at radius 3 is 2.29 bits per heavy atom. The third kappa shape index (κ3) is 3.56. The van der Waals surface area contributed by atoms with Crippen LogP contribution in [0.3, 0.4) is 0 Å². The van der Waals surface area contributed by atoms with E-state index in [0.29, 0.717) is 34.7 Å². The number of hydrogen-bond donors (Lipinski definition) is 1. The number of anilines is 1. The second-order valence-electron chi connectivity index (χ2n) is 7.12. The van der Waals surface area contributed by atoms with Gasteiger partial charge in [-0.05, 0) is 54.8 Å². The summed E-state index contributed by atoms with van der Waals surface area (Å²) in [4.78, 5) is 38.0. The first-order valence-electron chi connectivity index (χ1n) is 9.03. The Hall–Kier alpha value is -2.24. The molecule has 1 N–H and O–H groups in total. The van der Waals surface area contributed by atoms with Gasteiger partial charge in [-0.1, -0.05) is 45.7 Å². The van der Waals surface area contributed by atoms with Crippen molar-refractivity contribution in [3.8, 4) is 0 Å². The van der Waals surface area contributed by atoms with Crippen LogP contribution in [0.25, 0.3) is 0 Å². The van der Waals surface area contributed by atoms with Crippen LogP contribution in [-0.2, 0) is 9.59 Å². The fraction of sp³-hybridized carbons (Fsp3) is 0.227. The number of fused-ring (bicyclic) bond motifs is 1. The average molecular weight is 459 g/mol. The van der Waals surface area contributed by atoms with Crippen LogP contribution in [0.5, 0.6) is 0 Å². The second kappa shape index (κ2) is 7.64. The zero-order valence-electron chi connectivity index (χ0n) is 14.8. The average Bonchev–Trinajstić information content (AvgIpc) is 2.93. The van der Waals surface area contributed by atoms with Gasteiger partial charge in [0, 0.05) is 32.6 Å². The topological polar surface area (TPSA) is 63.2 Å². The van der Waals surface area contributed by atoms with Crippen molar-refractivity contribution in [1.29, 1.82) is 0 Å². The smallest absolute Gasteiger partial charge is 0.255 e. The van der Waals surface area contributed by atoms with Gasteiger partial charge in [-0.25, -0.2) is 0 Å². The van der Waals surface area contributed by atoms with Gasteiger partial charge in [0.2, 0.25) is 0 Å². The van der Waals surface area contributed by atoms with Crippen LogP contribution in [0.1, 0.15) is 34.7 Å². The van der Waals surface area contributed by atoms with Crippen LogP contribution < -0.4 is 5.32 Å². The number of carbonyl (C=O) groups excluding carboxylic acids is 3. The summed E-state index contributed by atoms with van der Waals surface area (Å²) < 4.78 is 0.929. The molecule has 4 nitrogen and oxygen atoms in total. The molecule has 3 atom stereocenters. The van der Waals surface area contributed by atoms with E-state index in [0.717, 1.165) is 4.47 Å². The fourth-order valence-electron chi connectivity index (χ4n) is 3.93. The summed E-state index contributed by atoms with van der Waals surface area (Å²) in [6.45, 7) is 0. The maximum atomic E-state index is 12.8. The molecule has 0 unspecified atom stereocenters. The summed E-state index contributed by atoms with van der Waals surface area (Å²) in [5.74, 6) is -1.70. The van der Waals surface area contributed by atoms with Crippen LogP contribution in [-0.4, -0.2) is 17.5 Å². The van der Waals surface area contributed by atoms with Crippen molar-refractivity contribution in [1.82, 2.24) is 0 Å². The summed E-state index contributed by atoms with van der Waals surface area (Å²) >= 11 is 9.43. The maximum Gasteiger partial charge on any atom is 0.255 e. The second-order valence-corrected chi connectivity index (χ2v) is 8.53. The van der Waals surface area contributed by atoms with Gasteiger partial charge in [-0.15, -0.1) is 0 Å². The lowest BCUT2D eigenvalue weighted by atomic mass is 9.85. The largest absolute Gasteiger partial charge is 0.322 e. The van der Waals surface area contributed by atoms with E-state index in [2.05, 4.69) is 21.2 Å². The van der Waals surface area contributed by atoms with Crippen molar-refractivity contribution < 1.29 is 14.4 Å². The number of carbonyl (C=O) groups is 3. The molecular formula is C22H17BrClNO3. The van der Waals surface area contributed by atoms with Gasteiger partial charge in [0.15, 0.2) is 11.6 Å². The molecule has 2 aromatic carbocycles. The van der Waals surface area contributed by atoms with Gasteiger partial charge >= 0.3 is 0 Å². The molecule has 2 aliphatic rings. The van der Waals surface area contributed by atoms with Crippen LogP contribution in [0.15, 0.2) is 64.1 Å². The predicted molar refractivity (Wildman–Crippen MR) is 111 cm³/mol. The molecule has 28 heavy (non-hydrogen) atoms. The molecule has 2 aromatic rings. The first-order valence-corrected chi connectivity index (χ1v) is 10.2. The standard InChI is InChI=1S/C22H17BrClNO3/c23-14-5-8-16(9-6-14)25-22(28)13-3-1-12(2-4-13)19-20(26)17-10-7-15(24)11-18(17)21(19)27/h1-9,17-19H,10-11H2,(H,25,28)/t17-,18+,19+/m0/s1. The Morgan fingerprint density at radius 1 is 0.964 bits per heavy atom. The fourth-order valence-corrected chi connectivity index (χ4v) is 4.45. The molecule has 1 amide bonds. The van der Waals surface area contributed by atoms with Crippen molar-refractivity contribution in [3.63, 3.8) is 0 Å². The number of hydrogen-bond acceptors (Lipinski definition) is 3. The van der Waals surface area contributed by atoms with Crippen LogP contribution >= 0.6 is 27.5 Å². The van der Waals surface area contributed by atoms with Gasteiger partial charge in [0.05, 0.1) is 0 Å². The normalized spacial score (nSPS) is 23.9. The van der Waals surface area contributed by atoms with Crippen molar-refractivity contribution >= 4 is 50.7 Å². The van der Waals surface area contributed by atoms with Gasteiger partial charge in [-0.2, -0.15) is 0 Å². The number of halogens is 2. The third-order valence-electron chi connectivity index (χ3n) is 5.40. The van der Waals surface area contributed by atoms with E-state index in [-0.39, 0.29) is 29.3 Å². The number of ketones is 2. The highest BCUT2D eigenvalue weighted by atomic mass is 79.9. The molecule has 0 heterocycles. The molecule has 0 radical (unpaired) electrons. The minimum Gasteiger partial charge on any atom is -0.322 e. The lowest BCUT2D eigenvalue weighted by molar-refractivity contribution is -0.125. The molecule has 0 saturated heterocycles. The molecule has 1 saturated carbocycles. The van der Waals surface area contributed by atoms with Crippen LogP contribution in [0.4, 0.5) is 5.69 Å². The highest BCUT2D eigenvalue weighted by Gasteiger charge is 2.50. The molecule has 0 bridgehead atoms. The number of Topliss-reactive ketones (excluding diaryl/α,β-unsaturated/α-hetero) is 2. The van der Waals surface area contributed by atoms with Crippen LogP contribution in [0, 0.1) is 11.8 Å². The minimum atomic E-state index is -0.755. The van der Waals surface area contributed by atoms with Crippen molar-refractivity contribution in [3.05, 3.63) is 75.2 Å². The highest BCUT2D eigenvalue weighted by molar-refractivity contribution is 9.10. The van der Waals surface area contributed by atoms with E-state index >= 15 is 0 Å². The van der Waals surface area contributed by atoms with Gasteiger partial charge in [-0.3, -0.25) is 14.4 Å². The van der Waals surface area contributed by atoms with Gasteiger partial charge in [0.25, 0.3) is 5.91 Å². The lowest BCUT2D eigenvalue weighted by Gasteiger charge is -2.19. The summed E-state index contributed by atoms with van der Waals surface area (Å²) in [5.41, 5.74) is 1.79. The number of benzene rings is 2. The number of amides is 1. The molecule has 0 aromatic heterocycles. The monoisotopic (exact) mass is 457 g/mol. The first kappa shape index (κ1) is 19.1. The Kier molecular flexibility index (Phi) is 5.21. The zero-order valence-corrected chi connectivity index (χ0v) is 17.2. The third-order valence-corrected chi connectivity index (χ3v) is 6.24. The van der Waals surface area contributed by atoms with Crippen molar-refractivity contribution in [2.45, 2.75) is 18.8 Å². The molecule has 0 aliphatic heterocycles. The number of rotatable bonds is 3. The highest BCUT2D eigenvalue weighted by Crippen LogP contribution is 2.44. The first-order chi connectivity index (χ1) is 13.4. The summed E-state index contributed by atoms with van der Waals surface area (Å²) in [7, 11) is 0. The van der Waals surface area contributed by atoms with Gasteiger partial charge in [0.1, 0.15) is 5.92 Å². The minimum absolute atomic E-state index is 0.0394. The van der Waals surface area contributed by atoms with Crippen LogP contribution in [0.2, 0.25) is 0 Å². The molecular weight excluding hydrogens is 442 g/mol. The number of nitrogens with one attached hydrogen (secondary N) is 1. The SMILES string of the molecule is O=C(Nc1ccc(Br)cc1)c1ccc([C@@H]2C(=O)[C@H]3CC=C(Cl)C[C@H]3C2=O)cc1. The Labute approximate surface area is 176 Å². The van der Waals surface area contributed by atoms with E-state index in [1.165, 1.54) is 0 Å². The van der Waals surface area contributed by atoms with E-state index in [1.807, 2.05) is 18.2 Å². The molecule has 0 spiro atoms. The molecule has 1 fully saturated rings. The van der Waals surface area contributed by atoms with Crippen molar-refractivity contribution in [2.75, 3.05) is 5.32 Å². The summed E-state index contributed by atoms with van der Waals surface area (Å²) in [6, 6.07) is 14.0. The summed E-state index contributed by atoms with van der Waals surface area (Å²) in [6.07, 6.45) is 2.81. The van der Waals surface area contributed by atoms with Gasteiger partial charge < -0.3 is 5.32 Å². The van der Waals surface area contributed by atoms with E-state index in [1.54, 1.807) is 36.4 Å². The number of allylic oxidation sites excluding steroid dienone is 2. The van der Waals surface area contributed by atoms with E-state index in [9.17, 15) is 14.4 Å². The molecule has 6 heteroatoms. The Balaban J connectivity index is 1.50. The summed E-state index contributed by atoms with van der Waals surface area (Å²) in [5, 5.41) is 3.48. The maximum absolute atomic E-state index is 12.8. The van der Waals surface area contributed by atoms with Crippen molar-refractivity contribution in [2.24, 2.45) is 11.8 Å². The van der Waals surface area contributed by atoms with E-state index in [4.69, 9.17) is 11.6 Å². The van der Waals surface area contributed by atoms with E-state index < -0.39 is 5.92 Å². The Morgan fingerprint density at radius 2 is 1.61 bits per heavy atom. The quantitative estimate of drug-likeness (QED) is 0.652. The molecule has 4 rings (SSSR count). The zero-order chi connectivity index (χ0) is 19.8. The lowest BCUT2D eigenvalue weighted by Crippen LogP contribution is -2.20. The molecule has 142 valence electrons.